The van der Waals surface area contributed by atoms with Gasteiger partial charge in [0.25, 0.3) is 11.2 Å². The molecule has 1 heterocycles. The van der Waals surface area contributed by atoms with Gasteiger partial charge in [0.05, 0.1) is 21.2 Å². The van der Waals surface area contributed by atoms with E-state index in [9.17, 15) is 19.7 Å². The molecule has 0 fully saturated rings. The van der Waals surface area contributed by atoms with Crippen molar-refractivity contribution in [1.29, 1.82) is 0 Å². The highest BCUT2D eigenvalue weighted by Crippen LogP contribution is 2.22. The van der Waals surface area contributed by atoms with Gasteiger partial charge in [-0.2, -0.15) is 0 Å². The molecule has 0 saturated carbocycles. The Morgan fingerprint density at radius 2 is 1.74 bits per heavy atom. The molecule has 3 rings (SSSR count). The Morgan fingerprint density at radius 1 is 1.06 bits per heavy atom. The molecule has 0 atom stereocenters. The molecule has 0 aliphatic heterocycles. The molecule has 35 heavy (non-hydrogen) atoms. The van der Waals surface area contributed by atoms with Crippen LogP contribution in [0.5, 0.6) is 0 Å². The summed E-state index contributed by atoms with van der Waals surface area (Å²) in [6.45, 7) is 5.69. The van der Waals surface area contributed by atoms with E-state index in [1.807, 2.05) is 0 Å². The maximum atomic E-state index is 12.8. The molecule has 0 aliphatic carbocycles. The van der Waals surface area contributed by atoms with E-state index in [0.717, 1.165) is 5.56 Å². The van der Waals surface area contributed by atoms with Crippen molar-refractivity contribution in [2.75, 3.05) is 0 Å². The predicted molar refractivity (Wildman–Crippen MR) is 138 cm³/mol. The van der Waals surface area contributed by atoms with Crippen molar-refractivity contribution in [3.8, 4) is 0 Å². The van der Waals surface area contributed by atoms with Gasteiger partial charge in [-0.3, -0.25) is 14.9 Å². The summed E-state index contributed by atoms with van der Waals surface area (Å²) in [7, 11) is 0. The highest BCUT2D eigenvalue weighted by atomic mass is 35.5. The Labute approximate surface area is 212 Å². The van der Waals surface area contributed by atoms with E-state index < -0.39 is 22.1 Å². The van der Waals surface area contributed by atoms with Crippen LogP contribution in [0.3, 0.4) is 0 Å². The van der Waals surface area contributed by atoms with Gasteiger partial charge in [-0.15, -0.1) is 0 Å². The quantitative estimate of drug-likeness (QED) is 0.205. The van der Waals surface area contributed by atoms with Crippen LogP contribution in [0.4, 0.5) is 5.69 Å². The monoisotopic (exact) mass is 514 g/mol. The lowest BCUT2D eigenvalue weighted by Gasteiger charge is -2.19. The highest BCUT2D eigenvalue weighted by Gasteiger charge is 2.18. The molecule has 0 amide bonds. The summed E-state index contributed by atoms with van der Waals surface area (Å²) in [5.41, 5.74) is 1.32. The summed E-state index contributed by atoms with van der Waals surface area (Å²) in [5.74, 6) is -0.407. The Hall–Kier alpha value is -3.42. The van der Waals surface area contributed by atoms with Gasteiger partial charge in [-0.05, 0) is 62.6 Å². The van der Waals surface area contributed by atoms with Crippen LogP contribution >= 0.6 is 23.2 Å². The third-order valence-corrected chi connectivity index (χ3v) is 5.54. The van der Waals surface area contributed by atoms with E-state index >= 15 is 0 Å². The number of hydrogen-bond acceptors (Lipinski definition) is 5. The number of nitrogens with zero attached hydrogens (tertiary/aromatic N) is 2. The number of ether oxygens (including phenoxy) is 1. The molecule has 1 aromatic heterocycles. The molecule has 0 N–H and O–H groups in total. The van der Waals surface area contributed by atoms with Crippen LogP contribution in [0.1, 0.15) is 48.0 Å². The minimum Gasteiger partial charge on any atom is -0.456 e. The van der Waals surface area contributed by atoms with Crippen molar-refractivity contribution in [1.82, 2.24) is 4.57 Å². The number of halogens is 2. The van der Waals surface area contributed by atoms with Gasteiger partial charge in [-0.25, -0.2) is 4.79 Å². The number of aryl methyl sites for hydroxylation is 1. The number of benzene rings is 2. The van der Waals surface area contributed by atoms with E-state index in [1.165, 1.54) is 22.8 Å². The van der Waals surface area contributed by atoms with Crippen molar-refractivity contribution in [2.24, 2.45) is 0 Å². The number of rotatable bonds is 7. The second-order valence-electron chi connectivity index (χ2n) is 8.82. The first-order valence-corrected chi connectivity index (χ1v) is 11.5. The zero-order valence-corrected chi connectivity index (χ0v) is 21.0. The number of esters is 1. The van der Waals surface area contributed by atoms with Crippen molar-refractivity contribution in [3.63, 3.8) is 0 Å². The second kappa shape index (κ2) is 10.9. The van der Waals surface area contributed by atoms with Gasteiger partial charge in [0.15, 0.2) is 0 Å². The smallest absolute Gasteiger partial charge is 0.338 e. The van der Waals surface area contributed by atoms with Crippen LogP contribution < -0.4 is 5.56 Å². The molecule has 0 spiro atoms. The first kappa shape index (κ1) is 26.2. The number of hydrogen-bond donors (Lipinski definition) is 0. The first-order chi connectivity index (χ1) is 16.4. The lowest BCUT2D eigenvalue weighted by Crippen LogP contribution is -2.24. The number of non-ortho nitro benzene ring substituents is 1. The maximum absolute atomic E-state index is 12.8. The minimum atomic E-state index is -0.586. The average molecular weight is 515 g/mol. The van der Waals surface area contributed by atoms with Gasteiger partial charge in [0.1, 0.15) is 10.6 Å². The first-order valence-electron chi connectivity index (χ1n) is 10.8. The number of nitro groups is 1. The lowest BCUT2D eigenvalue weighted by atomic mass is 10.1. The van der Waals surface area contributed by atoms with Gasteiger partial charge in [0.2, 0.25) is 0 Å². The molecule has 0 radical (unpaired) electrons. The van der Waals surface area contributed by atoms with E-state index in [2.05, 4.69) is 0 Å². The van der Waals surface area contributed by atoms with E-state index in [1.54, 1.807) is 69.3 Å². The molecule has 0 saturated heterocycles. The summed E-state index contributed by atoms with van der Waals surface area (Å²) in [6, 6.07) is 14.5. The third-order valence-electron chi connectivity index (χ3n) is 4.97. The average Bonchev–Trinajstić information content (AvgIpc) is 2.79. The fraction of sp³-hybridized carbons (Fsp3) is 0.231. The standard InChI is InChI=1S/C26H24Cl2N2O5/c1-26(2,3)35-25(32)19-10-7-17(8-11-19)13-14-29-23(21(27)16-22(28)24(29)31)12-9-18-5-4-6-20(15-18)30(33)34/h4-12,15-16H,13-14H2,1-3H3/b12-9+. The number of pyridine rings is 1. The van der Waals surface area contributed by atoms with Gasteiger partial charge < -0.3 is 9.30 Å². The van der Waals surface area contributed by atoms with Crippen molar-refractivity contribution in [3.05, 3.63) is 107 Å². The molecule has 0 unspecified atom stereocenters. The SMILES string of the molecule is CC(C)(C)OC(=O)c1ccc(CCn2c(/C=C/c3cccc([N+](=O)[O-])c3)c(Cl)cc(Cl)c2=O)cc1. The van der Waals surface area contributed by atoms with Crippen LogP contribution in [0, 0.1) is 10.1 Å². The van der Waals surface area contributed by atoms with E-state index in [-0.39, 0.29) is 22.3 Å². The predicted octanol–water partition coefficient (Wildman–Crippen LogP) is 6.43. The molecular formula is C26H24Cl2N2O5. The summed E-state index contributed by atoms with van der Waals surface area (Å²) >= 11 is 12.5. The number of nitro benzene ring substituents is 1. The van der Waals surface area contributed by atoms with E-state index in [4.69, 9.17) is 27.9 Å². The molecule has 0 aliphatic rings. The highest BCUT2D eigenvalue weighted by molar-refractivity contribution is 6.35. The van der Waals surface area contributed by atoms with Crippen molar-refractivity contribution in [2.45, 2.75) is 39.3 Å². The summed E-state index contributed by atoms with van der Waals surface area (Å²) in [5, 5.41) is 11.3. The van der Waals surface area contributed by atoms with Gasteiger partial charge in [0, 0.05) is 18.7 Å². The fourth-order valence-corrected chi connectivity index (χ4v) is 3.85. The number of carbonyl (C=O) groups is 1. The normalized spacial score (nSPS) is 11.6. The van der Waals surface area contributed by atoms with Gasteiger partial charge >= 0.3 is 5.97 Å². The zero-order chi connectivity index (χ0) is 25.8. The number of aromatic nitrogens is 1. The van der Waals surface area contributed by atoms with Crippen molar-refractivity contribution >= 4 is 47.0 Å². The Bertz CT molecular complexity index is 1340. The van der Waals surface area contributed by atoms with Gasteiger partial charge in [-0.1, -0.05) is 53.5 Å². The Kier molecular flexibility index (Phi) is 8.14. The van der Waals surface area contributed by atoms with Crippen LogP contribution in [-0.2, 0) is 17.7 Å². The molecule has 3 aromatic rings. The fourth-order valence-electron chi connectivity index (χ4n) is 3.31. The number of carbonyl (C=O) groups excluding carboxylic acids is 1. The van der Waals surface area contributed by atoms with Crippen LogP contribution in [0.25, 0.3) is 12.2 Å². The summed E-state index contributed by atoms with van der Waals surface area (Å²) < 4.78 is 6.83. The maximum Gasteiger partial charge on any atom is 0.338 e. The second-order valence-corrected chi connectivity index (χ2v) is 9.63. The van der Waals surface area contributed by atoms with Crippen molar-refractivity contribution < 1.29 is 14.5 Å². The Balaban J connectivity index is 1.84. The van der Waals surface area contributed by atoms with Crippen LogP contribution in [0.2, 0.25) is 10.0 Å². The van der Waals surface area contributed by atoms with Crippen LogP contribution in [-0.4, -0.2) is 21.1 Å². The third kappa shape index (κ3) is 7.04. The molecular weight excluding hydrogens is 491 g/mol. The Morgan fingerprint density at radius 3 is 2.37 bits per heavy atom. The minimum absolute atomic E-state index is 0.0113. The largest absolute Gasteiger partial charge is 0.456 e. The molecule has 7 nitrogen and oxygen atoms in total. The summed E-state index contributed by atoms with van der Waals surface area (Å²) in [4.78, 5) is 35.6. The van der Waals surface area contributed by atoms with E-state index in [0.29, 0.717) is 23.2 Å². The lowest BCUT2D eigenvalue weighted by molar-refractivity contribution is -0.384. The zero-order valence-electron chi connectivity index (χ0n) is 19.5. The molecule has 9 heteroatoms. The topological polar surface area (TPSA) is 91.4 Å². The molecule has 2 aromatic carbocycles. The molecule has 0 bridgehead atoms. The summed E-state index contributed by atoms with van der Waals surface area (Å²) in [6.07, 6.45) is 3.75. The molecule has 182 valence electrons. The van der Waals surface area contributed by atoms with Crippen LogP contribution in [0.15, 0.2) is 59.4 Å².